The van der Waals surface area contributed by atoms with Crippen LogP contribution in [0.3, 0.4) is 0 Å². The Morgan fingerprint density at radius 3 is 2.62 bits per heavy atom. The largest absolute Gasteiger partial charge is 0.179 e. The van der Waals surface area contributed by atoms with E-state index in [9.17, 15) is 0 Å². The Hall–Kier alpha value is -0.0900. The molecule has 0 aliphatic carbocycles. The van der Waals surface area contributed by atoms with Crippen LogP contribution in [0.25, 0.3) is 0 Å². The smallest absolute Gasteiger partial charge is 0.00888 e. The second kappa shape index (κ2) is 6.91. The molecule has 0 spiro atoms. The van der Waals surface area contributed by atoms with Crippen molar-refractivity contribution in [2.24, 2.45) is 0 Å². The molecule has 8 heavy (non-hydrogen) atoms. The zero-order valence-electron chi connectivity index (χ0n) is 5.28. The van der Waals surface area contributed by atoms with Crippen molar-refractivity contribution >= 4 is 12.6 Å². The second-order valence-electron chi connectivity index (χ2n) is 1.61. The van der Waals surface area contributed by atoms with Gasteiger partial charge in [0.25, 0.3) is 0 Å². The van der Waals surface area contributed by atoms with Crippen molar-refractivity contribution < 1.29 is 0 Å². The van der Waals surface area contributed by atoms with Crippen molar-refractivity contribution in [1.82, 2.24) is 0 Å². The minimum atomic E-state index is 0.991. The van der Waals surface area contributed by atoms with Gasteiger partial charge in [0.2, 0.25) is 0 Å². The SMILES string of the molecule is CC#CCCCCS. The maximum Gasteiger partial charge on any atom is 0.00888 e. The summed E-state index contributed by atoms with van der Waals surface area (Å²) in [6.07, 6.45) is 3.43. The molecule has 0 aromatic rings. The van der Waals surface area contributed by atoms with Gasteiger partial charge < -0.3 is 0 Å². The van der Waals surface area contributed by atoms with Gasteiger partial charge in [-0.1, -0.05) is 0 Å². The molecule has 0 aromatic carbocycles. The number of unbranched alkanes of at least 4 members (excludes halogenated alkanes) is 2. The summed E-state index contributed by atoms with van der Waals surface area (Å²) in [7, 11) is 0. The lowest BCUT2D eigenvalue weighted by Gasteiger charge is -1.86. The molecule has 0 aromatic heterocycles. The molecule has 0 N–H and O–H groups in total. The van der Waals surface area contributed by atoms with Crippen molar-refractivity contribution in [3.63, 3.8) is 0 Å². The highest BCUT2D eigenvalue weighted by Gasteiger charge is 1.78. The molecular weight excluding hydrogens is 116 g/mol. The Morgan fingerprint density at radius 2 is 2.12 bits per heavy atom. The average Bonchev–Trinajstić information content (AvgIpc) is 1.81. The summed E-state index contributed by atoms with van der Waals surface area (Å²) >= 11 is 4.07. The van der Waals surface area contributed by atoms with Crippen LogP contribution in [-0.4, -0.2) is 5.75 Å². The van der Waals surface area contributed by atoms with Crippen LogP contribution < -0.4 is 0 Å². The minimum Gasteiger partial charge on any atom is -0.179 e. The Bertz CT molecular complexity index is 86.3. The monoisotopic (exact) mass is 128 g/mol. The molecule has 0 heterocycles. The molecule has 0 saturated heterocycles. The molecule has 46 valence electrons. The van der Waals surface area contributed by atoms with Gasteiger partial charge in [-0.2, -0.15) is 12.6 Å². The fourth-order valence-corrected chi connectivity index (χ4v) is 0.674. The zero-order chi connectivity index (χ0) is 6.24. The van der Waals surface area contributed by atoms with E-state index in [2.05, 4.69) is 24.5 Å². The van der Waals surface area contributed by atoms with Gasteiger partial charge in [0, 0.05) is 6.42 Å². The molecule has 0 unspecified atom stereocenters. The number of hydrogen-bond acceptors (Lipinski definition) is 1. The quantitative estimate of drug-likeness (QED) is 0.336. The van der Waals surface area contributed by atoms with Crippen molar-refractivity contribution in [2.75, 3.05) is 5.75 Å². The minimum absolute atomic E-state index is 0.991. The molecule has 0 nitrogen and oxygen atoms in total. The highest BCUT2D eigenvalue weighted by Crippen LogP contribution is 1.94. The van der Waals surface area contributed by atoms with Crippen molar-refractivity contribution in [2.45, 2.75) is 26.2 Å². The van der Waals surface area contributed by atoms with E-state index >= 15 is 0 Å². The van der Waals surface area contributed by atoms with Crippen LogP contribution >= 0.6 is 12.6 Å². The normalized spacial score (nSPS) is 7.75. The van der Waals surface area contributed by atoms with E-state index in [0.29, 0.717) is 0 Å². The van der Waals surface area contributed by atoms with Crippen LogP contribution in [0.1, 0.15) is 26.2 Å². The topological polar surface area (TPSA) is 0 Å². The van der Waals surface area contributed by atoms with Gasteiger partial charge >= 0.3 is 0 Å². The molecular formula is C7H12S. The Balaban J connectivity index is 2.79. The van der Waals surface area contributed by atoms with Crippen LogP contribution in [0.15, 0.2) is 0 Å². The summed E-state index contributed by atoms with van der Waals surface area (Å²) < 4.78 is 0. The van der Waals surface area contributed by atoms with Crippen LogP contribution in [0.4, 0.5) is 0 Å². The highest BCUT2D eigenvalue weighted by molar-refractivity contribution is 7.80. The maximum absolute atomic E-state index is 4.07. The fourth-order valence-electron chi connectivity index (χ4n) is 0.450. The maximum atomic E-state index is 4.07. The van der Waals surface area contributed by atoms with Crippen LogP contribution in [-0.2, 0) is 0 Å². The Kier molecular flexibility index (Phi) is 6.83. The van der Waals surface area contributed by atoms with Gasteiger partial charge in [0.05, 0.1) is 0 Å². The van der Waals surface area contributed by atoms with Crippen molar-refractivity contribution in [3.05, 3.63) is 0 Å². The summed E-state index contributed by atoms with van der Waals surface area (Å²) in [6, 6.07) is 0. The van der Waals surface area contributed by atoms with Gasteiger partial charge in [-0.25, -0.2) is 0 Å². The standard InChI is InChI=1S/C7H12S/c1-2-3-4-5-6-7-8/h8H,4-7H2,1H3. The van der Waals surface area contributed by atoms with Crippen LogP contribution in [0, 0.1) is 11.8 Å². The van der Waals surface area contributed by atoms with E-state index in [-0.39, 0.29) is 0 Å². The third-order valence-corrected chi connectivity index (χ3v) is 1.20. The fraction of sp³-hybridized carbons (Fsp3) is 0.714. The third kappa shape index (κ3) is 5.91. The molecule has 0 fully saturated rings. The lowest BCUT2D eigenvalue weighted by molar-refractivity contribution is 0.838. The van der Waals surface area contributed by atoms with E-state index in [4.69, 9.17) is 0 Å². The Labute approximate surface area is 57.1 Å². The van der Waals surface area contributed by atoms with Gasteiger partial charge in [-0.3, -0.25) is 0 Å². The highest BCUT2D eigenvalue weighted by atomic mass is 32.1. The second-order valence-corrected chi connectivity index (χ2v) is 2.05. The molecule has 0 aliphatic rings. The van der Waals surface area contributed by atoms with Crippen LogP contribution in [0.2, 0.25) is 0 Å². The predicted octanol–water partition coefficient (Wildman–Crippen LogP) is 2.11. The zero-order valence-corrected chi connectivity index (χ0v) is 6.17. The van der Waals surface area contributed by atoms with E-state index in [1.165, 1.54) is 12.8 Å². The first kappa shape index (κ1) is 7.91. The lowest BCUT2D eigenvalue weighted by atomic mass is 10.2. The molecule has 0 radical (unpaired) electrons. The first-order valence-corrected chi connectivity index (χ1v) is 3.55. The predicted molar refractivity (Wildman–Crippen MR) is 41.2 cm³/mol. The molecule has 0 rings (SSSR count). The summed E-state index contributed by atoms with van der Waals surface area (Å²) in [5, 5.41) is 0. The molecule has 0 bridgehead atoms. The van der Waals surface area contributed by atoms with Crippen molar-refractivity contribution in [3.8, 4) is 11.8 Å². The molecule has 0 saturated carbocycles. The molecule has 0 aliphatic heterocycles. The van der Waals surface area contributed by atoms with Gasteiger partial charge in [0.15, 0.2) is 0 Å². The summed E-state index contributed by atoms with van der Waals surface area (Å²) in [5.41, 5.74) is 0. The van der Waals surface area contributed by atoms with Crippen LogP contribution in [0.5, 0.6) is 0 Å². The lowest BCUT2D eigenvalue weighted by Crippen LogP contribution is -1.73. The molecule has 0 amide bonds. The average molecular weight is 128 g/mol. The van der Waals surface area contributed by atoms with Gasteiger partial charge in [-0.15, -0.1) is 11.8 Å². The van der Waals surface area contributed by atoms with E-state index in [1.807, 2.05) is 6.92 Å². The van der Waals surface area contributed by atoms with E-state index < -0.39 is 0 Å². The Morgan fingerprint density at radius 1 is 1.38 bits per heavy atom. The van der Waals surface area contributed by atoms with Crippen molar-refractivity contribution in [1.29, 1.82) is 0 Å². The van der Waals surface area contributed by atoms with Gasteiger partial charge in [-0.05, 0) is 25.5 Å². The number of hydrogen-bond donors (Lipinski definition) is 1. The van der Waals surface area contributed by atoms with Gasteiger partial charge in [0.1, 0.15) is 0 Å². The molecule has 0 atom stereocenters. The summed E-state index contributed by atoms with van der Waals surface area (Å²) in [4.78, 5) is 0. The van der Waals surface area contributed by atoms with E-state index in [0.717, 1.165) is 12.2 Å². The summed E-state index contributed by atoms with van der Waals surface area (Å²) in [6.45, 7) is 1.88. The number of thiol groups is 1. The third-order valence-electron chi connectivity index (χ3n) is 0.887. The van der Waals surface area contributed by atoms with E-state index in [1.54, 1.807) is 0 Å². The molecule has 1 heteroatoms. The first-order chi connectivity index (χ1) is 3.91. The number of rotatable bonds is 3. The summed E-state index contributed by atoms with van der Waals surface area (Å²) in [5.74, 6) is 6.84. The first-order valence-electron chi connectivity index (χ1n) is 2.92.